The summed E-state index contributed by atoms with van der Waals surface area (Å²) in [6.07, 6.45) is 3.91. The number of urea groups is 1. The highest BCUT2D eigenvalue weighted by atomic mass is 16.4. The smallest absolute Gasteiger partial charge is 0.321 e. The first-order chi connectivity index (χ1) is 9.47. The number of carbonyl (C=O) groups excluding carboxylic acids is 1. The van der Waals surface area contributed by atoms with Crippen LogP contribution in [0.2, 0.25) is 0 Å². The number of carboxylic acid groups (broad SMARTS) is 1. The van der Waals surface area contributed by atoms with Crippen molar-refractivity contribution in [2.45, 2.75) is 20.3 Å². The number of likely N-dealkylation sites (tertiary alicyclic amines) is 1. The van der Waals surface area contributed by atoms with E-state index in [0.29, 0.717) is 18.7 Å². The Hall–Kier alpha value is -2.11. The van der Waals surface area contributed by atoms with Crippen molar-refractivity contribution in [2.75, 3.05) is 18.4 Å². The summed E-state index contributed by atoms with van der Waals surface area (Å²) in [5.74, 6) is -1.13. The number of pyridine rings is 1. The van der Waals surface area contributed by atoms with E-state index in [0.717, 1.165) is 5.56 Å². The standard InChI is InChI=1S/C14H19N3O3/c1-9-5-11(13(18)19)8-17(7-9)14(20)16-12-3-4-15-6-10(12)2/h3-4,6,9,11H,5,7-8H2,1-2H3,(H,18,19)(H,15,16,20). The van der Waals surface area contributed by atoms with Crippen LogP contribution in [0.5, 0.6) is 0 Å². The number of aromatic nitrogens is 1. The molecule has 0 spiro atoms. The molecule has 1 aromatic heterocycles. The summed E-state index contributed by atoms with van der Waals surface area (Å²) in [5, 5.41) is 11.9. The largest absolute Gasteiger partial charge is 0.481 e. The van der Waals surface area contributed by atoms with Gasteiger partial charge in [0.05, 0.1) is 5.92 Å². The Bertz CT molecular complexity index is 518. The van der Waals surface area contributed by atoms with Crippen molar-refractivity contribution in [1.82, 2.24) is 9.88 Å². The van der Waals surface area contributed by atoms with Gasteiger partial charge in [0.25, 0.3) is 0 Å². The Morgan fingerprint density at radius 1 is 1.45 bits per heavy atom. The Morgan fingerprint density at radius 3 is 2.85 bits per heavy atom. The lowest BCUT2D eigenvalue weighted by atomic mass is 9.91. The Kier molecular flexibility index (Phi) is 4.22. The Morgan fingerprint density at radius 2 is 2.20 bits per heavy atom. The van der Waals surface area contributed by atoms with Crippen molar-refractivity contribution >= 4 is 17.7 Å². The second-order valence-electron chi connectivity index (χ2n) is 5.40. The average molecular weight is 277 g/mol. The number of aliphatic carboxylic acids is 1. The van der Waals surface area contributed by atoms with Crippen LogP contribution in [-0.2, 0) is 4.79 Å². The fraction of sp³-hybridized carbons (Fsp3) is 0.500. The van der Waals surface area contributed by atoms with Crippen LogP contribution < -0.4 is 5.32 Å². The minimum Gasteiger partial charge on any atom is -0.481 e. The van der Waals surface area contributed by atoms with Crippen LogP contribution in [0.1, 0.15) is 18.9 Å². The number of nitrogens with zero attached hydrogens (tertiary/aromatic N) is 2. The highest BCUT2D eigenvalue weighted by molar-refractivity contribution is 5.90. The van der Waals surface area contributed by atoms with E-state index in [4.69, 9.17) is 5.11 Å². The van der Waals surface area contributed by atoms with Crippen molar-refractivity contribution in [3.05, 3.63) is 24.0 Å². The number of aryl methyl sites for hydroxylation is 1. The monoisotopic (exact) mass is 277 g/mol. The van der Waals surface area contributed by atoms with Crippen LogP contribution in [0, 0.1) is 18.8 Å². The maximum atomic E-state index is 12.2. The molecule has 0 saturated carbocycles. The molecule has 2 amide bonds. The van der Waals surface area contributed by atoms with Crippen LogP contribution in [0.3, 0.4) is 0 Å². The molecule has 0 radical (unpaired) electrons. The van der Waals surface area contributed by atoms with E-state index in [1.165, 1.54) is 0 Å². The Balaban J connectivity index is 2.05. The van der Waals surface area contributed by atoms with Crippen molar-refractivity contribution in [3.8, 4) is 0 Å². The van der Waals surface area contributed by atoms with E-state index in [1.54, 1.807) is 23.4 Å². The molecule has 1 saturated heterocycles. The van der Waals surface area contributed by atoms with Gasteiger partial charge in [-0.05, 0) is 30.9 Å². The lowest BCUT2D eigenvalue weighted by Gasteiger charge is -2.34. The van der Waals surface area contributed by atoms with Gasteiger partial charge in [-0.25, -0.2) is 4.79 Å². The maximum absolute atomic E-state index is 12.2. The van der Waals surface area contributed by atoms with Crippen LogP contribution in [-0.4, -0.2) is 40.1 Å². The van der Waals surface area contributed by atoms with Gasteiger partial charge in [-0.2, -0.15) is 0 Å². The van der Waals surface area contributed by atoms with Crippen molar-refractivity contribution in [2.24, 2.45) is 11.8 Å². The highest BCUT2D eigenvalue weighted by Crippen LogP contribution is 2.23. The molecule has 2 N–H and O–H groups in total. The van der Waals surface area contributed by atoms with Gasteiger partial charge in [0, 0.05) is 31.2 Å². The van der Waals surface area contributed by atoms with Gasteiger partial charge in [-0.15, -0.1) is 0 Å². The average Bonchev–Trinajstić information content (AvgIpc) is 2.40. The zero-order valence-electron chi connectivity index (χ0n) is 11.7. The molecule has 2 unspecified atom stereocenters. The second kappa shape index (κ2) is 5.90. The van der Waals surface area contributed by atoms with Crippen LogP contribution in [0.25, 0.3) is 0 Å². The molecule has 6 heteroatoms. The summed E-state index contributed by atoms with van der Waals surface area (Å²) in [5.41, 5.74) is 1.58. The number of nitrogens with one attached hydrogen (secondary N) is 1. The van der Waals surface area contributed by atoms with E-state index in [2.05, 4.69) is 10.3 Å². The molecule has 20 heavy (non-hydrogen) atoms. The number of amides is 2. The van der Waals surface area contributed by atoms with Gasteiger partial charge < -0.3 is 15.3 Å². The zero-order chi connectivity index (χ0) is 14.7. The van der Waals surface area contributed by atoms with E-state index in [-0.39, 0.29) is 18.5 Å². The van der Waals surface area contributed by atoms with Gasteiger partial charge in [-0.3, -0.25) is 9.78 Å². The quantitative estimate of drug-likeness (QED) is 0.865. The normalized spacial score (nSPS) is 22.4. The van der Waals surface area contributed by atoms with E-state index in [9.17, 15) is 9.59 Å². The highest BCUT2D eigenvalue weighted by Gasteiger charge is 2.31. The number of carboxylic acids is 1. The molecule has 2 atom stereocenters. The first-order valence-electron chi connectivity index (χ1n) is 6.66. The minimum atomic E-state index is -0.838. The van der Waals surface area contributed by atoms with Gasteiger partial charge >= 0.3 is 12.0 Å². The Labute approximate surface area is 117 Å². The number of carbonyl (C=O) groups is 2. The molecule has 2 rings (SSSR count). The summed E-state index contributed by atoms with van der Waals surface area (Å²) < 4.78 is 0. The van der Waals surface area contributed by atoms with Crippen LogP contribution >= 0.6 is 0 Å². The van der Waals surface area contributed by atoms with E-state index >= 15 is 0 Å². The van der Waals surface area contributed by atoms with Crippen molar-refractivity contribution in [1.29, 1.82) is 0 Å². The maximum Gasteiger partial charge on any atom is 0.321 e. The van der Waals surface area contributed by atoms with Crippen molar-refractivity contribution < 1.29 is 14.7 Å². The lowest BCUT2D eigenvalue weighted by molar-refractivity contribution is -0.143. The molecule has 1 aliphatic rings. The van der Waals surface area contributed by atoms with Crippen molar-refractivity contribution in [3.63, 3.8) is 0 Å². The predicted molar refractivity (Wildman–Crippen MR) is 74.5 cm³/mol. The molecule has 6 nitrogen and oxygen atoms in total. The van der Waals surface area contributed by atoms with E-state index < -0.39 is 11.9 Å². The number of rotatable bonds is 2. The molecule has 1 aromatic rings. The summed E-state index contributed by atoms with van der Waals surface area (Å²) >= 11 is 0. The number of anilines is 1. The molecule has 1 fully saturated rings. The number of hydrogen-bond donors (Lipinski definition) is 2. The summed E-state index contributed by atoms with van der Waals surface area (Å²) in [6.45, 7) is 4.67. The fourth-order valence-corrected chi connectivity index (χ4v) is 2.50. The van der Waals surface area contributed by atoms with Gasteiger partial charge in [0.1, 0.15) is 0 Å². The van der Waals surface area contributed by atoms with Crippen LogP contribution in [0.15, 0.2) is 18.5 Å². The molecule has 0 aromatic carbocycles. The third-order valence-corrected chi connectivity index (χ3v) is 3.56. The molecule has 0 aliphatic carbocycles. The second-order valence-corrected chi connectivity index (χ2v) is 5.40. The summed E-state index contributed by atoms with van der Waals surface area (Å²) in [7, 11) is 0. The zero-order valence-corrected chi connectivity index (χ0v) is 11.7. The molecular formula is C14H19N3O3. The molecule has 2 heterocycles. The van der Waals surface area contributed by atoms with Gasteiger partial charge in [0.2, 0.25) is 0 Å². The lowest BCUT2D eigenvalue weighted by Crippen LogP contribution is -2.47. The number of hydrogen-bond acceptors (Lipinski definition) is 3. The van der Waals surface area contributed by atoms with E-state index in [1.807, 2.05) is 13.8 Å². The van der Waals surface area contributed by atoms with Gasteiger partial charge in [0.15, 0.2) is 0 Å². The minimum absolute atomic E-state index is 0.189. The first kappa shape index (κ1) is 14.3. The fourth-order valence-electron chi connectivity index (χ4n) is 2.50. The molecule has 108 valence electrons. The van der Waals surface area contributed by atoms with Crippen LogP contribution in [0.4, 0.5) is 10.5 Å². The molecule has 0 bridgehead atoms. The van der Waals surface area contributed by atoms with Gasteiger partial charge in [-0.1, -0.05) is 6.92 Å². The third-order valence-electron chi connectivity index (χ3n) is 3.56. The SMILES string of the molecule is Cc1cnccc1NC(=O)N1CC(C)CC(C(=O)O)C1. The summed E-state index contributed by atoms with van der Waals surface area (Å²) in [4.78, 5) is 28.9. The predicted octanol–water partition coefficient (Wildman–Crippen LogP) is 1.96. The molecule has 1 aliphatic heterocycles. The number of piperidine rings is 1. The topological polar surface area (TPSA) is 82.5 Å². The third kappa shape index (κ3) is 3.26. The first-order valence-corrected chi connectivity index (χ1v) is 6.66. The molecular weight excluding hydrogens is 258 g/mol. The summed E-state index contributed by atoms with van der Waals surface area (Å²) in [6, 6.07) is 1.48.